The van der Waals surface area contributed by atoms with E-state index in [-0.39, 0.29) is 0 Å². The molecule has 0 bridgehead atoms. The van der Waals surface area contributed by atoms with Crippen molar-refractivity contribution in [3.63, 3.8) is 0 Å². The van der Waals surface area contributed by atoms with Crippen molar-refractivity contribution in [3.05, 3.63) is 0 Å². The molecular weight excluding hydrogens is 172 g/mol. The lowest BCUT2D eigenvalue weighted by atomic mass is 10.0. The van der Waals surface area contributed by atoms with Crippen molar-refractivity contribution in [1.82, 2.24) is 5.32 Å². The smallest absolute Gasteiger partial charge is 0.00792 e. The maximum absolute atomic E-state index is 6.06. The quantitative estimate of drug-likeness (QED) is 0.714. The van der Waals surface area contributed by atoms with Gasteiger partial charge in [-0.2, -0.15) is 0 Å². The van der Waals surface area contributed by atoms with E-state index in [1.807, 2.05) is 0 Å². The number of rotatable bonds is 3. The third-order valence-electron chi connectivity index (χ3n) is 4.63. The van der Waals surface area contributed by atoms with Gasteiger partial charge in [0.25, 0.3) is 0 Å². The minimum absolute atomic E-state index is 0.485. The van der Waals surface area contributed by atoms with E-state index >= 15 is 0 Å². The zero-order chi connectivity index (χ0) is 9.54. The molecule has 14 heavy (non-hydrogen) atoms. The van der Waals surface area contributed by atoms with Gasteiger partial charge in [-0.1, -0.05) is 6.42 Å². The van der Waals surface area contributed by atoms with Gasteiger partial charge >= 0.3 is 0 Å². The Labute approximate surface area is 86.6 Å². The molecule has 0 aromatic rings. The standard InChI is InChI=1S/C12H22N2/c13-12-3-1-2-8(12)7-14-11-5-9-4-10(9)6-11/h8-12,14H,1-7,13H2. The van der Waals surface area contributed by atoms with Crippen LogP contribution in [-0.2, 0) is 0 Å². The van der Waals surface area contributed by atoms with E-state index in [4.69, 9.17) is 5.73 Å². The molecule has 3 fully saturated rings. The van der Waals surface area contributed by atoms with E-state index in [0.717, 1.165) is 23.8 Å². The molecule has 2 heteroatoms. The van der Waals surface area contributed by atoms with Crippen LogP contribution in [-0.4, -0.2) is 18.6 Å². The van der Waals surface area contributed by atoms with Crippen LogP contribution in [0.5, 0.6) is 0 Å². The number of nitrogens with one attached hydrogen (secondary N) is 1. The van der Waals surface area contributed by atoms with Crippen LogP contribution in [0.15, 0.2) is 0 Å². The SMILES string of the molecule is NC1CCCC1CNC1CC2CC2C1. The predicted octanol–water partition coefficient (Wildman–Crippen LogP) is 1.50. The lowest BCUT2D eigenvalue weighted by Crippen LogP contribution is -2.37. The van der Waals surface area contributed by atoms with Gasteiger partial charge in [0.05, 0.1) is 0 Å². The van der Waals surface area contributed by atoms with E-state index in [1.54, 1.807) is 0 Å². The first-order valence-electron chi connectivity index (χ1n) is 6.32. The molecule has 0 radical (unpaired) electrons. The van der Waals surface area contributed by atoms with Crippen LogP contribution in [0, 0.1) is 17.8 Å². The van der Waals surface area contributed by atoms with Crippen LogP contribution in [0.4, 0.5) is 0 Å². The predicted molar refractivity (Wildman–Crippen MR) is 57.9 cm³/mol. The molecule has 0 aromatic carbocycles. The summed E-state index contributed by atoms with van der Waals surface area (Å²) in [4.78, 5) is 0. The molecule has 0 aliphatic heterocycles. The fourth-order valence-electron chi connectivity index (χ4n) is 3.52. The molecule has 0 aromatic heterocycles. The summed E-state index contributed by atoms with van der Waals surface area (Å²) in [6.45, 7) is 1.19. The highest BCUT2D eigenvalue weighted by molar-refractivity contribution is 4.99. The van der Waals surface area contributed by atoms with Gasteiger partial charge in [0, 0.05) is 12.1 Å². The molecule has 2 nitrogen and oxygen atoms in total. The minimum atomic E-state index is 0.485. The average molecular weight is 194 g/mol. The molecule has 0 amide bonds. The number of hydrogen-bond acceptors (Lipinski definition) is 2. The molecule has 4 unspecified atom stereocenters. The van der Waals surface area contributed by atoms with Gasteiger partial charge in [-0.25, -0.2) is 0 Å². The molecule has 3 N–H and O–H groups in total. The monoisotopic (exact) mass is 194 g/mol. The number of hydrogen-bond donors (Lipinski definition) is 2. The summed E-state index contributed by atoms with van der Waals surface area (Å²) < 4.78 is 0. The summed E-state index contributed by atoms with van der Waals surface area (Å²) in [6.07, 6.45) is 8.39. The largest absolute Gasteiger partial charge is 0.327 e. The summed E-state index contributed by atoms with van der Waals surface area (Å²) in [5, 5.41) is 3.73. The Morgan fingerprint density at radius 1 is 1.07 bits per heavy atom. The third kappa shape index (κ3) is 1.70. The van der Waals surface area contributed by atoms with Crippen LogP contribution in [0.2, 0.25) is 0 Å². The maximum atomic E-state index is 6.06. The average Bonchev–Trinajstić information content (AvgIpc) is 2.61. The van der Waals surface area contributed by atoms with Gasteiger partial charge in [0.1, 0.15) is 0 Å². The van der Waals surface area contributed by atoms with Crippen molar-refractivity contribution in [2.75, 3.05) is 6.54 Å². The summed E-state index contributed by atoms with van der Waals surface area (Å²) in [6, 6.07) is 1.32. The number of nitrogens with two attached hydrogens (primary N) is 1. The molecule has 80 valence electrons. The van der Waals surface area contributed by atoms with Gasteiger partial charge in [0.15, 0.2) is 0 Å². The minimum Gasteiger partial charge on any atom is -0.327 e. The lowest BCUT2D eigenvalue weighted by molar-refractivity contribution is 0.391. The highest BCUT2D eigenvalue weighted by Gasteiger charge is 2.45. The zero-order valence-corrected chi connectivity index (χ0v) is 8.91. The summed E-state index contributed by atoms with van der Waals surface area (Å²) in [7, 11) is 0. The van der Waals surface area contributed by atoms with E-state index < -0.39 is 0 Å². The van der Waals surface area contributed by atoms with Crippen LogP contribution < -0.4 is 11.1 Å². The van der Waals surface area contributed by atoms with Crippen LogP contribution in [0.3, 0.4) is 0 Å². The second-order valence-electron chi connectivity index (χ2n) is 5.69. The molecule has 3 aliphatic carbocycles. The topological polar surface area (TPSA) is 38.0 Å². The Kier molecular flexibility index (Phi) is 2.29. The molecule has 4 atom stereocenters. The first-order valence-corrected chi connectivity index (χ1v) is 6.32. The molecule has 3 rings (SSSR count). The Hall–Kier alpha value is -0.0800. The third-order valence-corrected chi connectivity index (χ3v) is 4.63. The maximum Gasteiger partial charge on any atom is 0.00792 e. The zero-order valence-electron chi connectivity index (χ0n) is 8.91. The second kappa shape index (κ2) is 3.49. The lowest BCUT2D eigenvalue weighted by Gasteiger charge is -2.20. The van der Waals surface area contributed by atoms with E-state index in [1.165, 1.54) is 45.1 Å². The first-order chi connectivity index (χ1) is 6.83. The van der Waals surface area contributed by atoms with Gasteiger partial charge in [-0.3, -0.25) is 0 Å². The Balaban J connectivity index is 1.41. The molecular formula is C12H22N2. The van der Waals surface area contributed by atoms with Gasteiger partial charge in [-0.05, 0) is 56.4 Å². The molecule has 3 aliphatic rings. The normalized spacial score (nSPS) is 50.8. The fraction of sp³-hybridized carbons (Fsp3) is 1.00. The highest BCUT2D eigenvalue weighted by Crippen LogP contribution is 2.51. The van der Waals surface area contributed by atoms with Crippen LogP contribution >= 0.6 is 0 Å². The number of fused-ring (bicyclic) bond motifs is 1. The van der Waals surface area contributed by atoms with Crippen molar-refractivity contribution < 1.29 is 0 Å². The van der Waals surface area contributed by atoms with Gasteiger partial charge < -0.3 is 11.1 Å². The van der Waals surface area contributed by atoms with Gasteiger partial charge in [0.2, 0.25) is 0 Å². The molecule has 0 saturated heterocycles. The van der Waals surface area contributed by atoms with Crippen molar-refractivity contribution >= 4 is 0 Å². The summed E-state index contributed by atoms with van der Waals surface area (Å²) in [5.74, 6) is 2.97. The highest BCUT2D eigenvalue weighted by atomic mass is 14.9. The van der Waals surface area contributed by atoms with Crippen LogP contribution in [0.25, 0.3) is 0 Å². The molecule has 0 spiro atoms. The molecule has 0 heterocycles. The van der Waals surface area contributed by atoms with Crippen molar-refractivity contribution in [3.8, 4) is 0 Å². The fourth-order valence-corrected chi connectivity index (χ4v) is 3.52. The Morgan fingerprint density at radius 2 is 1.86 bits per heavy atom. The summed E-state index contributed by atoms with van der Waals surface area (Å²) >= 11 is 0. The van der Waals surface area contributed by atoms with Crippen molar-refractivity contribution in [2.24, 2.45) is 23.5 Å². The van der Waals surface area contributed by atoms with E-state index in [0.29, 0.717) is 6.04 Å². The second-order valence-corrected chi connectivity index (χ2v) is 5.69. The van der Waals surface area contributed by atoms with E-state index in [2.05, 4.69) is 5.32 Å². The molecule has 3 saturated carbocycles. The van der Waals surface area contributed by atoms with Gasteiger partial charge in [-0.15, -0.1) is 0 Å². The first kappa shape index (κ1) is 9.17. The Bertz CT molecular complexity index is 206. The van der Waals surface area contributed by atoms with E-state index in [9.17, 15) is 0 Å². The Morgan fingerprint density at radius 3 is 2.50 bits per heavy atom. The van der Waals surface area contributed by atoms with Crippen molar-refractivity contribution in [2.45, 2.75) is 50.6 Å². The summed E-state index contributed by atoms with van der Waals surface area (Å²) in [5.41, 5.74) is 6.06. The van der Waals surface area contributed by atoms with Crippen LogP contribution in [0.1, 0.15) is 38.5 Å². The van der Waals surface area contributed by atoms with Crippen molar-refractivity contribution in [1.29, 1.82) is 0 Å².